The van der Waals surface area contributed by atoms with Crippen LogP contribution in [0.1, 0.15) is 22.4 Å². The molecule has 3 aromatic carbocycles. The lowest BCUT2D eigenvalue weighted by atomic mass is 10.1. The number of benzene rings is 3. The van der Waals surface area contributed by atoms with Crippen molar-refractivity contribution in [1.82, 2.24) is 19.5 Å². The highest BCUT2D eigenvalue weighted by Gasteiger charge is 2.20. The molecular weight excluding hydrogens is 426 g/mol. The van der Waals surface area contributed by atoms with Crippen LogP contribution in [0.2, 0.25) is 0 Å². The Morgan fingerprint density at radius 2 is 1.48 bits per heavy atom. The van der Waals surface area contributed by atoms with Gasteiger partial charge in [0.05, 0.1) is 0 Å². The summed E-state index contributed by atoms with van der Waals surface area (Å²) in [5.74, 6) is 1.28. The van der Waals surface area contributed by atoms with Crippen molar-refractivity contribution in [3.05, 3.63) is 101 Å². The summed E-state index contributed by atoms with van der Waals surface area (Å²) in [5.41, 5.74) is 6.80. The molecule has 0 aliphatic rings. The van der Waals surface area contributed by atoms with E-state index >= 15 is 0 Å². The zero-order valence-corrected chi connectivity index (χ0v) is 19.2. The number of nitrogens with zero attached hydrogens (tertiary/aromatic N) is 5. The SMILES string of the molecule is Cc1ccc(-c2nc(C#N)c3nc(SCc4ccccc4)n(-c4ccc(C)cc4)c3n2)cc1. The second kappa shape index (κ2) is 8.89. The van der Waals surface area contributed by atoms with E-state index < -0.39 is 0 Å². The van der Waals surface area contributed by atoms with Crippen LogP contribution in [0.15, 0.2) is 84.0 Å². The standard InChI is InChI=1S/C27H21N5S/c1-18-8-12-21(13-9-18)25-29-23(16-28)24-26(31-25)32(22-14-10-19(2)11-15-22)27(30-24)33-17-20-6-4-3-5-7-20/h3-15H,17H2,1-2H3. The fourth-order valence-electron chi connectivity index (χ4n) is 3.59. The maximum atomic E-state index is 9.87. The number of fused-ring (bicyclic) bond motifs is 1. The molecular formula is C27H21N5S. The number of aromatic nitrogens is 4. The number of hydrogen-bond acceptors (Lipinski definition) is 5. The second-order valence-corrected chi connectivity index (χ2v) is 8.83. The maximum Gasteiger partial charge on any atom is 0.175 e. The lowest BCUT2D eigenvalue weighted by Crippen LogP contribution is -2.01. The number of hydrogen-bond donors (Lipinski definition) is 0. The quantitative estimate of drug-likeness (QED) is 0.297. The molecule has 2 heterocycles. The van der Waals surface area contributed by atoms with Gasteiger partial charge in [-0.3, -0.25) is 4.57 Å². The molecule has 0 atom stereocenters. The van der Waals surface area contributed by atoms with E-state index in [0.29, 0.717) is 17.0 Å². The first-order valence-corrected chi connectivity index (χ1v) is 11.6. The third-order valence-electron chi connectivity index (χ3n) is 5.39. The highest BCUT2D eigenvalue weighted by molar-refractivity contribution is 7.98. The zero-order chi connectivity index (χ0) is 22.8. The van der Waals surface area contributed by atoms with Gasteiger partial charge in [-0.05, 0) is 31.5 Å². The monoisotopic (exact) mass is 447 g/mol. The van der Waals surface area contributed by atoms with Crippen molar-refractivity contribution in [1.29, 1.82) is 5.26 Å². The van der Waals surface area contributed by atoms with Gasteiger partial charge in [0.2, 0.25) is 0 Å². The van der Waals surface area contributed by atoms with Crippen LogP contribution in [0.3, 0.4) is 0 Å². The Morgan fingerprint density at radius 1 is 0.818 bits per heavy atom. The third kappa shape index (κ3) is 4.23. The van der Waals surface area contributed by atoms with Gasteiger partial charge in [0.1, 0.15) is 11.6 Å². The van der Waals surface area contributed by atoms with Crippen LogP contribution in [-0.2, 0) is 5.75 Å². The Labute approximate surface area is 196 Å². The van der Waals surface area contributed by atoms with Crippen LogP contribution in [0, 0.1) is 25.2 Å². The summed E-state index contributed by atoms with van der Waals surface area (Å²) < 4.78 is 2.03. The topological polar surface area (TPSA) is 67.4 Å². The summed E-state index contributed by atoms with van der Waals surface area (Å²) in [6, 6.07) is 28.8. The van der Waals surface area contributed by atoms with E-state index in [9.17, 15) is 5.26 Å². The molecule has 0 unspecified atom stereocenters. The lowest BCUT2D eigenvalue weighted by Gasteiger charge is -2.10. The van der Waals surface area contributed by atoms with E-state index in [0.717, 1.165) is 27.7 Å². The molecule has 2 aromatic heterocycles. The van der Waals surface area contributed by atoms with Crippen molar-refractivity contribution in [2.75, 3.05) is 0 Å². The number of aryl methyl sites for hydroxylation is 2. The van der Waals surface area contributed by atoms with Gasteiger partial charge in [-0.1, -0.05) is 89.6 Å². The van der Waals surface area contributed by atoms with Crippen LogP contribution in [-0.4, -0.2) is 19.5 Å². The molecule has 0 spiro atoms. The highest BCUT2D eigenvalue weighted by atomic mass is 32.2. The number of thioether (sulfide) groups is 1. The molecule has 0 saturated heterocycles. The molecule has 0 radical (unpaired) electrons. The molecule has 5 nitrogen and oxygen atoms in total. The Bertz CT molecular complexity index is 1460. The predicted molar refractivity (Wildman–Crippen MR) is 132 cm³/mol. The minimum absolute atomic E-state index is 0.281. The molecule has 5 aromatic rings. The third-order valence-corrected chi connectivity index (χ3v) is 6.40. The first-order chi connectivity index (χ1) is 16.1. The summed E-state index contributed by atoms with van der Waals surface area (Å²) in [7, 11) is 0. The van der Waals surface area contributed by atoms with Crippen molar-refractivity contribution < 1.29 is 0 Å². The fraction of sp³-hybridized carbons (Fsp3) is 0.111. The normalized spacial score (nSPS) is 10.9. The van der Waals surface area contributed by atoms with Gasteiger partial charge in [-0.15, -0.1) is 0 Å². The summed E-state index contributed by atoms with van der Waals surface area (Å²) in [5, 5.41) is 10.7. The average molecular weight is 448 g/mol. The minimum Gasteiger partial charge on any atom is -0.271 e. The molecule has 6 heteroatoms. The van der Waals surface area contributed by atoms with E-state index in [4.69, 9.17) is 9.97 Å². The van der Waals surface area contributed by atoms with Crippen LogP contribution < -0.4 is 0 Å². The van der Waals surface area contributed by atoms with Crippen LogP contribution in [0.5, 0.6) is 0 Å². The van der Waals surface area contributed by atoms with Crippen molar-refractivity contribution in [3.8, 4) is 23.1 Å². The van der Waals surface area contributed by atoms with Gasteiger partial charge < -0.3 is 0 Å². The number of rotatable bonds is 5. The summed E-state index contributed by atoms with van der Waals surface area (Å²) in [6.45, 7) is 4.10. The van der Waals surface area contributed by atoms with Crippen LogP contribution in [0.25, 0.3) is 28.2 Å². The first-order valence-electron chi connectivity index (χ1n) is 10.6. The second-order valence-electron chi connectivity index (χ2n) is 7.89. The average Bonchev–Trinajstić information content (AvgIpc) is 3.22. The number of nitriles is 1. The molecule has 33 heavy (non-hydrogen) atoms. The van der Waals surface area contributed by atoms with E-state index in [1.807, 2.05) is 54.0 Å². The fourth-order valence-corrected chi connectivity index (χ4v) is 4.56. The smallest absolute Gasteiger partial charge is 0.175 e. The van der Waals surface area contributed by atoms with Crippen LogP contribution >= 0.6 is 11.8 Å². The molecule has 0 N–H and O–H groups in total. The maximum absolute atomic E-state index is 9.87. The summed E-state index contributed by atoms with van der Waals surface area (Å²) in [6.07, 6.45) is 0. The largest absolute Gasteiger partial charge is 0.271 e. The zero-order valence-electron chi connectivity index (χ0n) is 18.4. The molecule has 0 bridgehead atoms. The van der Waals surface area contributed by atoms with E-state index in [-0.39, 0.29) is 5.69 Å². The van der Waals surface area contributed by atoms with Crippen molar-refractivity contribution in [2.24, 2.45) is 0 Å². The molecule has 0 aliphatic heterocycles. The summed E-state index contributed by atoms with van der Waals surface area (Å²) in [4.78, 5) is 14.3. The van der Waals surface area contributed by atoms with Gasteiger partial charge >= 0.3 is 0 Å². The van der Waals surface area contributed by atoms with Gasteiger partial charge in [-0.25, -0.2) is 15.0 Å². The molecule has 0 aliphatic carbocycles. The van der Waals surface area contributed by atoms with Crippen molar-refractivity contribution >= 4 is 22.9 Å². The van der Waals surface area contributed by atoms with Gasteiger partial charge in [0.25, 0.3) is 0 Å². The van der Waals surface area contributed by atoms with Crippen LogP contribution in [0.4, 0.5) is 0 Å². The number of imidazole rings is 1. The van der Waals surface area contributed by atoms with Gasteiger partial charge in [-0.2, -0.15) is 5.26 Å². The van der Waals surface area contributed by atoms with E-state index in [1.165, 1.54) is 11.1 Å². The molecule has 0 fully saturated rings. The Hall–Kier alpha value is -3.95. The van der Waals surface area contributed by atoms with E-state index in [1.54, 1.807) is 11.8 Å². The van der Waals surface area contributed by atoms with Gasteiger partial charge in [0.15, 0.2) is 22.3 Å². The first kappa shape index (κ1) is 20.9. The molecule has 0 amide bonds. The summed E-state index contributed by atoms with van der Waals surface area (Å²) >= 11 is 1.62. The van der Waals surface area contributed by atoms with Gasteiger partial charge in [0, 0.05) is 17.0 Å². The highest BCUT2D eigenvalue weighted by Crippen LogP contribution is 2.31. The predicted octanol–water partition coefficient (Wildman–Crippen LogP) is 6.26. The van der Waals surface area contributed by atoms with E-state index in [2.05, 4.69) is 54.4 Å². The van der Waals surface area contributed by atoms with Crippen molar-refractivity contribution in [2.45, 2.75) is 24.8 Å². The molecule has 5 rings (SSSR count). The minimum atomic E-state index is 0.281. The molecule has 0 saturated carbocycles. The van der Waals surface area contributed by atoms with Crippen molar-refractivity contribution in [3.63, 3.8) is 0 Å². The molecule has 160 valence electrons. The Morgan fingerprint density at radius 3 is 2.15 bits per heavy atom. The lowest BCUT2D eigenvalue weighted by molar-refractivity contribution is 0.908. The Kier molecular flexibility index (Phi) is 5.64. The Balaban J connectivity index is 1.70.